The zero-order valence-electron chi connectivity index (χ0n) is 12.4. The molecular formula is C15H22ClFN2O3. The number of ether oxygens (including phenoxy) is 1. The van der Waals surface area contributed by atoms with Crippen LogP contribution in [0.5, 0.6) is 0 Å². The van der Waals surface area contributed by atoms with Crippen molar-refractivity contribution >= 4 is 18.3 Å². The second-order valence-electron chi connectivity index (χ2n) is 5.28. The first-order valence-electron chi connectivity index (χ1n) is 7.12. The van der Waals surface area contributed by atoms with Crippen molar-refractivity contribution in [1.29, 1.82) is 0 Å². The van der Waals surface area contributed by atoms with E-state index in [2.05, 4.69) is 10.6 Å². The second kappa shape index (κ2) is 9.05. The van der Waals surface area contributed by atoms with Gasteiger partial charge in [0.05, 0.1) is 12.7 Å². The van der Waals surface area contributed by atoms with Gasteiger partial charge in [0.25, 0.3) is 5.91 Å². The molecule has 1 saturated heterocycles. The van der Waals surface area contributed by atoms with Gasteiger partial charge in [-0.15, -0.1) is 12.4 Å². The average Bonchev–Trinajstić information content (AvgIpc) is 2.48. The van der Waals surface area contributed by atoms with Gasteiger partial charge >= 0.3 is 0 Å². The number of morpholine rings is 1. The molecule has 7 heteroatoms. The summed E-state index contributed by atoms with van der Waals surface area (Å²) >= 11 is 0. The molecule has 0 aromatic heterocycles. The first kappa shape index (κ1) is 18.8. The maximum Gasteiger partial charge on any atom is 0.250 e. The highest BCUT2D eigenvalue weighted by atomic mass is 35.5. The molecule has 1 heterocycles. The molecule has 3 atom stereocenters. The molecule has 0 aliphatic carbocycles. The van der Waals surface area contributed by atoms with Gasteiger partial charge in [0.2, 0.25) is 0 Å². The maximum absolute atomic E-state index is 12.8. The predicted molar refractivity (Wildman–Crippen MR) is 83.4 cm³/mol. The van der Waals surface area contributed by atoms with Crippen LogP contribution in [-0.2, 0) is 9.53 Å². The number of nitrogens with one attached hydrogen (secondary N) is 2. The number of rotatable bonds is 5. The van der Waals surface area contributed by atoms with E-state index in [4.69, 9.17) is 4.74 Å². The molecule has 1 aliphatic heterocycles. The van der Waals surface area contributed by atoms with Gasteiger partial charge in [0.15, 0.2) is 0 Å². The molecule has 1 fully saturated rings. The Kier molecular flexibility index (Phi) is 7.75. The maximum atomic E-state index is 12.8. The molecule has 1 aliphatic rings. The first-order valence-corrected chi connectivity index (χ1v) is 7.12. The summed E-state index contributed by atoms with van der Waals surface area (Å²) in [5.74, 6) is -0.518. The van der Waals surface area contributed by atoms with Crippen molar-refractivity contribution in [1.82, 2.24) is 10.6 Å². The Morgan fingerprint density at radius 2 is 2.18 bits per heavy atom. The molecule has 1 amide bonds. The summed E-state index contributed by atoms with van der Waals surface area (Å²) in [6, 6.07) is 5.50. The van der Waals surface area contributed by atoms with E-state index < -0.39 is 12.2 Å². The lowest BCUT2D eigenvalue weighted by Gasteiger charge is -2.25. The van der Waals surface area contributed by atoms with Crippen LogP contribution < -0.4 is 10.6 Å². The fraction of sp³-hybridized carbons (Fsp3) is 0.533. The number of halogens is 2. The minimum absolute atomic E-state index is 0. The minimum Gasteiger partial charge on any atom is -0.388 e. The van der Waals surface area contributed by atoms with Crippen LogP contribution in [0.3, 0.4) is 0 Å². The molecule has 0 bridgehead atoms. The SMILES string of the molecule is CC(CC(O)c1ccc(F)cc1)NC(=O)[C@H]1CNCCO1.Cl. The van der Waals surface area contributed by atoms with E-state index in [0.717, 1.165) is 6.54 Å². The number of carbonyl (C=O) groups is 1. The van der Waals surface area contributed by atoms with Gasteiger partial charge < -0.3 is 20.5 Å². The number of hydrogen-bond acceptors (Lipinski definition) is 4. The topological polar surface area (TPSA) is 70.6 Å². The summed E-state index contributed by atoms with van der Waals surface area (Å²) < 4.78 is 18.2. The van der Waals surface area contributed by atoms with Crippen LogP contribution in [0.2, 0.25) is 0 Å². The lowest BCUT2D eigenvalue weighted by molar-refractivity contribution is -0.135. The third-order valence-electron chi connectivity index (χ3n) is 3.44. The predicted octanol–water partition coefficient (Wildman–Crippen LogP) is 1.16. The minimum atomic E-state index is -0.744. The Bertz CT molecular complexity index is 466. The summed E-state index contributed by atoms with van der Waals surface area (Å²) in [5.41, 5.74) is 0.632. The largest absolute Gasteiger partial charge is 0.388 e. The van der Waals surface area contributed by atoms with E-state index in [9.17, 15) is 14.3 Å². The number of hydrogen-bond donors (Lipinski definition) is 3. The Morgan fingerprint density at radius 3 is 2.77 bits per heavy atom. The van der Waals surface area contributed by atoms with Crippen molar-refractivity contribution in [2.45, 2.75) is 31.6 Å². The molecule has 0 saturated carbocycles. The van der Waals surface area contributed by atoms with Crippen LogP contribution >= 0.6 is 12.4 Å². The molecule has 22 heavy (non-hydrogen) atoms. The fourth-order valence-electron chi connectivity index (χ4n) is 2.28. The van der Waals surface area contributed by atoms with Crippen molar-refractivity contribution in [2.75, 3.05) is 19.7 Å². The molecule has 124 valence electrons. The second-order valence-corrected chi connectivity index (χ2v) is 5.28. The van der Waals surface area contributed by atoms with Crippen LogP contribution in [0.25, 0.3) is 0 Å². The van der Waals surface area contributed by atoms with Crippen LogP contribution in [0, 0.1) is 5.82 Å². The van der Waals surface area contributed by atoms with Crippen LogP contribution in [0.15, 0.2) is 24.3 Å². The molecule has 0 radical (unpaired) electrons. The number of amides is 1. The van der Waals surface area contributed by atoms with Crippen molar-refractivity contribution in [3.8, 4) is 0 Å². The summed E-state index contributed by atoms with van der Waals surface area (Å²) in [6.07, 6.45) is -0.868. The molecule has 2 unspecified atom stereocenters. The van der Waals surface area contributed by atoms with E-state index in [-0.39, 0.29) is 30.2 Å². The van der Waals surface area contributed by atoms with Crippen LogP contribution in [0.4, 0.5) is 4.39 Å². The molecule has 3 N–H and O–H groups in total. The zero-order chi connectivity index (χ0) is 15.2. The number of benzene rings is 1. The van der Waals surface area contributed by atoms with Crippen molar-refractivity contribution < 1.29 is 19.0 Å². The first-order chi connectivity index (χ1) is 10.1. The van der Waals surface area contributed by atoms with Gasteiger partial charge in [0, 0.05) is 19.1 Å². The van der Waals surface area contributed by atoms with Crippen LogP contribution in [-0.4, -0.2) is 42.9 Å². The van der Waals surface area contributed by atoms with Gasteiger partial charge in [-0.05, 0) is 31.0 Å². The van der Waals surface area contributed by atoms with Crippen molar-refractivity contribution in [2.24, 2.45) is 0 Å². The smallest absolute Gasteiger partial charge is 0.250 e. The average molecular weight is 333 g/mol. The summed E-state index contributed by atoms with van der Waals surface area (Å²) in [7, 11) is 0. The highest BCUT2D eigenvalue weighted by molar-refractivity contribution is 5.85. The lowest BCUT2D eigenvalue weighted by atomic mass is 10.0. The molecular weight excluding hydrogens is 311 g/mol. The van der Waals surface area contributed by atoms with Gasteiger partial charge in [-0.25, -0.2) is 4.39 Å². The Morgan fingerprint density at radius 1 is 1.50 bits per heavy atom. The monoisotopic (exact) mass is 332 g/mol. The normalized spacial score (nSPS) is 20.6. The number of aliphatic hydroxyl groups is 1. The van der Waals surface area contributed by atoms with E-state index in [1.807, 2.05) is 6.92 Å². The van der Waals surface area contributed by atoms with Crippen LogP contribution in [0.1, 0.15) is 25.0 Å². The third kappa shape index (κ3) is 5.53. The molecule has 1 aromatic rings. The summed E-state index contributed by atoms with van der Waals surface area (Å²) in [4.78, 5) is 12.0. The van der Waals surface area contributed by atoms with E-state index in [1.165, 1.54) is 12.1 Å². The van der Waals surface area contributed by atoms with Gasteiger partial charge in [-0.2, -0.15) is 0 Å². The highest BCUT2D eigenvalue weighted by Gasteiger charge is 2.23. The van der Waals surface area contributed by atoms with Crippen molar-refractivity contribution in [3.63, 3.8) is 0 Å². The Labute approximate surface area is 135 Å². The van der Waals surface area contributed by atoms with Gasteiger partial charge in [-0.3, -0.25) is 4.79 Å². The highest BCUT2D eigenvalue weighted by Crippen LogP contribution is 2.18. The van der Waals surface area contributed by atoms with E-state index in [1.54, 1.807) is 12.1 Å². The number of carbonyl (C=O) groups excluding carboxylic acids is 1. The Hall–Kier alpha value is -1.21. The summed E-state index contributed by atoms with van der Waals surface area (Å²) in [5, 5.41) is 16.0. The quantitative estimate of drug-likeness (QED) is 0.757. The molecule has 5 nitrogen and oxygen atoms in total. The molecule has 2 rings (SSSR count). The van der Waals surface area contributed by atoms with Gasteiger partial charge in [0.1, 0.15) is 11.9 Å². The van der Waals surface area contributed by atoms with E-state index >= 15 is 0 Å². The van der Waals surface area contributed by atoms with Crippen molar-refractivity contribution in [3.05, 3.63) is 35.6 Å². The fourth-order valence-corrected chi connectivity index (χ4v) is 2.28. The number of aliphatic hydroxyl groups excluding tert-OH is 1. The van der Waals surface area contributed by atoms with E-state index in [0.29, 0.717) is 25.1 Å². The lowest BCUT2D eigenvalue weighted by Crippen LogP contribution is -2.49. The summed E-state index contributed by atoms with van der Waals surface area (Å²) in [6.45, 7) is 3.59. The van der Waals surface area contributed by atoms with Gasteiger partial charge in [-0.1, -0.05) is 12.1 Å². The molecule has 0 spiro atoms. The standard InChI is InChI=1S/C15H21FN2O3.ClH/c1-10(18-15(20)14-9-17-6-7-21-14)8-13(19)11-2-4-12(16)5-3-11;/h2-5,10,13-14,17,19H,6-9H2,1H3,(H,18,20);1H/t10?,13?,14-;/m1./s1. The Balaban J connectivity index is 0.00000242. The molecule has 1 aromatic carbocycles. The third-order valence-corrected chi connectivity index (χ3v) is 3.44. The zero-order valence-corrected chi connectivity index (χ0v) is 13.2.